The smallest absolute Gasteiger partial charge is 0.244 e. The van der Waals surface area contributed by atoms with Crippen LogP contribution in [0.5, 0.6) is 11.5 Å². The van der Waals surface area contributed by atoms with Gasteiger partial charge in [0.25, 0.3) is 0 Å². The molecular weight excluding hydrogens is 284 g/mol. The molecule has 118 valence electrons. The quantitative estimate of drug-likeness (QED) is 0.803. The number of fused-ring (bicyclic) bond motifs is 1. The van der Waals surface area contributed by atoms with Crippen molar-refractivity contribution < 1.29 is 14.2 Å². The van der Waals surface area contributed by atoms with Crippen molar-refractivity contribution in [3.05, 3.63) is 40.1 Å². The summed E-state index contributed by atoms with van der Waals surface area (Å²) in [5.41, 5.74) is 0.973. The summed E-state index contributed by atoms with van der Waals surface area (Å²) in [4.78, 5) is 12.3. The number of rotatable bonds is 3. The maximum atomic E-state index is 12.7. The molecule has 2 unspecified atom stereocenters. The van der Waals surface area contributed by atoms with Crippen LogP contribution in [0, 0.1) is 10.1 Å². The van der Waals surface area contributed by atoms with Gasteiger partial charge >= 0.3 is 0 Å². The van der Waals surface area contributed by atoms with E-state index in [2.05, 4.69) is 0 Å². The lowest BCUT2D eigenvalue weighted by Gasteiger charge is -2.44. The molecule has 0 radical (unpaired) electrons. The summed E-state index contributed by atoms with van der Waals surface area (Å²) in [5, 5.41) is 13.7. The number of nitroso groups, excluding NO2 is 1. The first-order valence-electron chi connectivity index (χ1n) is 7.51. The number of hydrogen-bond donors (Lipinski definition) is 0. The number of hydroxylamine groups is 2. The molecule has 0 spiro atoms. The average molecular weight is 304 g/mol. The van der Waals surface area contributed by atoms with E-state index in [1.54, 1.807) is 25.3 Å². The van der Waals surface area contributed by atoms with Crippen LogP contribution < -0.4 is 9.47 Å². The Morgan fingerprint density at radius 2 is 2.00 bits per heavy atom. The van der Waals surface area contributed by atoms with Gasteiger partial charge in [-0.25, -0.2) is 0 Å². The Bertz CT molecular complexity index is 614. The van der Waals surface area contributed by atoms with Gasteiger partial charge in [-0.1, -0.05) is 6.42 Å². The molecule has 0 N–H and O–H groups in total. The van der Waals surface area contributed by atoms with Gasteiger partial charge in [-0.2, -0.15) is 0 Å². The van der Waals surface area contributed by atoms with E-state index in [1.807, 2.05) is 0 Å². The van der Waals surface area contributed by atoms with Gasteiger partial charge in [0, 0.05) is 27.7 Å². The van der Waals surface area contributed by atoms with Crippen molar-refractivity contribution in [3.8, 4) is 11.5 Å². The second-order valence-electron chi connectivity index (χ2n) is 5.69. The number of ether oxygens (including phenoxy) is 2. The van der Waals surface area contributed by atoms with E-state index in [-0.39, 0.29) is 12.1 Å². The molecule has 1 fully saturated rings. The predicted octanol–water partition coefficient (Wildman–Crippen LogP) is 2.91. The largest absolute Gasteiger partial charge is 0.758 e. The second-order valence-corrected chi connectivity index (χ2v) is 5.69. The zero-order valence-electron chi connectivity index (χ0n) is 12.8. The van der Waals surface area contributed by atoms with Crippen molar-refractivity contribution >= 4 is 5.70 Å². The predicted molar refractivity (Wildman–Crippen MR) is 82.4 cm³/mol. The van der Waals surface area contributed by atoms with Crippen LogP contribution in [0.25, 0.3) is 5.70 Å². The normalized spacial score (nSPS) is 24.6. The highest BCUT2D eigenvalue weighted by Crippen LogP contribution is 2.38. The van der Waals surface area contributed by atoms with Crippen LogP contribution >= 0.6 is 0 Å². The standard InChI is InChI=1S/C16H20N2O4/c1-21-11-7-8-12(16(9-11)22-2)15-10-17(19)13-5-3-4-6-14(13)18(15)20/h7-10,13-14H,3-6H2,1-2H3. The first-order chi connectivity index (χ1) is 10.7. The van der Waals surface area contributed by atoms with Gasteiger partial charge in [-0.15, -0.1) is 0 Å². The van der Waals surface area contributed by atoms with Crippen LogP contribution in [0.15, 0.2) is 24.4 Å². The number of nitrogens with zero attached hydrogens (tertiary/aromatic N) is 2. The van der Waals surface area contributed by atoms with Crippen LogP contribution in [-0.4, -0.2) is 36.1 Å². The van der Waals surface area contributed by atoms with Crippen LogP contribution in [0.4, 0.5) is 0 Å². The van der Waals surface area contributed by atoms with Gasteiger partial charge in [0.15, 0.2) is 0 Å². The first-order valence-corrected chi connectivity index (χ1v) is 7.51. The van der Waals surface area contributed by atoms with E-state index < -0.39 is 0 Å². The fourth-order valence-electron chi connectivity index (χ4n) is 3.31. The molecule has 1 aromatic rings. The van der Waals surface area contributed by atoms with Gasteiger partial charge < -0.3 is 19.7 Å². The summed E-state index contributed by atoms with van der Waals surface area (Å²) in [6.07, 6.45) is 4.91. The van der Waals surface area contributed by atoms with Crippen LogP contribution in [0.1, 0.15) is 31.2 Å². The molecule has 1 aromatic carbocycles. The van der Waals surface area contributed by atoms with Crippen LogP contribution in [-0.2, 0) is 0 Å². The third kappa shape index (κ3) is 2.43. The Balaban J connectivity index is 2.02. The van der Waals surface area contributed by atoms with E-state index >= 15 is 0 Å². The summed E-state index contributed by atoms with van der Waals surface area (Å²) >= 11 is 0. The highest BCUT2D eigenvalue weighted by molar-refractivity contribution is 5.70. The molecule has 1 heterocycles. The summed E-state index contributed by atoms with van der Waals surface area (Å²) in [6, 6.07) is 4.71. The lowest BCUT2D eigenvalue weighted by molar-refractivity contribution is -0.536. The Labute approximate surface area is 129 Å². The Kier molecular flexibility index (Phi) is 4.02. The highest BCUT2D eigenvalue weighted by Gasteiger charge is 2.42. The molecule has 0 saturated heterocycles. The Morgan fingerprint density at radius 3 is 2.73 bits per heavy atom. The molecule has 0 amide bonds. The average Bonchev–Trinajstić information content (AvgIpc) is 2.57. The molecule has 6 nitrogen and oxygen atoms in total. The van der Waals surface area contributed by atoms with Crippen molar-refractivity contribution in [1.29, 1.82) is 0 Å². The second kappa shape index (κ2) is 5.96. The molecule has 2 atom stereocenters. The van der Waals surface area contributed by atoms with E-state index in [0.29, 0.717) is 22.8 Å². The molecule has 0 aromatic heterocycles. The molecule has 6 heteroatoms. The Morgan fingerprint density at radius 1 is 1.23 bits per heavy atom. The zero-order valence-corrected chi connectivity index (χ0v) is 12.8. The summed E-state index contributed by atoms with van der Waals surface area (Å²) < 4.78 is 11.5. The number of hydrogen-bond acceptors (Lipinski definition) is 5. The molecular formula is C16H20N2O4. The lowest BCUT2D eigenvalue weighted by Crippen LogP contribution is -2.49. The van der Waals surface area contributed by atoms with Gasteiger partial charge in [0.1, 0.15) is 17.2 Å². The topological polar surface area (TPSA) is 64.8 Å². The first kappa shape index (κ1) is 14.8. The van der Waals surface area contributed by atoms with Gasteiger partial charge in [0.2, 0.25) is 12.2 Å². The monoisotopic (exact) mass is 304 g/mol. The molecule has 2 aliphatic rings. The van der Waals surface area contributed by atoms with Crippen LogP contribution in [0.3, 0.4) is 0 Å². The van der Waals surface area contributed by atoms with Crippen LogP contribution in [0.2, 0.25) is 0 Å². The van der Waals surface area contributed by atoms with Gasteiger partial charge in [0.05, 0.1) is 20.3 Å². The molecule has 3 rings (SSSR count). The summed E-state index contributed by atoms with van der Waals surface area (Å²) in [5.74, 6) is 1.16. The van der Waals surface area contributed by atoms with Crippen molar-refractivity contribution in [2.45, 2.75) is 37.8 Å². The minimum Gasteiger partial charge on any atom is -0.758 e. The Hall–Kier alpha value is -2.08. The van der Waals surface area contributed by atoms with Crippen molar-refractivity contribution in [2.24, 2.45) is 0 Å². The SMILES string of the molecule is COc1ccc(C2=C[N+](=O)C3CCCCC3N2[O-])c(OC)c1. The van der Waals surface area contributed by atoms with Crippen molar-refractivity contribution in [3.63, 3.8) is 0 Å². The molecule has 1 saturated carbocycles. The molecule has 0 bridgehead atoms. The minimum absolute atomic E-state index is 0.237. The fraction of sp³-hybridized carbons (Fsp3) is 0.500. The van der Waals surface area contributed by atoms with Crippen molar-refractivity contribution in [1.82, 2.24) is 5.06 Å². The summed E-state index contributed by atoms with van der Waals surface area (Å²) in [6.45, 7) is 0. The van der Waals surface area contributed by atoms with Gasteiger partial charge in [-0.3, -0.25) is 0 Å². The zero-order chi connectivity index (χ0) is 15.7. The van der Waals surface area contributed by atoms with E-state index in [4.69, 9.17) is 9.47 Å². The van der Waals surface area contributed by atoms with E-state index in [9.17, 15) is 10.1 Å². The number of benzene rings is 1. The fourth-order valence-corrected chi connectivity index (χ4v) is 3.31. The maximum Gasteiger partial charge on any atom is 0.244 e. The highest BCUT2D eigenvalue weighted by atomic mass is 16.5. The molecule has 1 aliphatic carbocycles. The molecule has 1 aliphatic heterocycles. The van der Waals surface area contributed by atoms with Crippen molar-refractivity contribution in [2.75, 3.05) is 14.2 Å². The van der Waals surface area contributed by atoms with Gasteiger partial charge in [-0.05, 0) is 25.0 Å². The minimum atomic E-state index is -0.280. The molecule has 22 heavy (non-hydrogen) atoms. The van der Waals surface area contributed by atoms with E-state index in [1.165, 1.54) is 13.3 Å². The third-order valence-electron chi connectivity index (χ3n) is 4.49. The summed E-state index contributed by atoms with van der Waals surface area (Å²) in [7, 11) is 3.11. The van der Waals surface area contributed by atoms with E-state index in [0.717, 1.165) is 35.5 Å². The number of methoxy groups -OCH3 is 2. The lowest BCUT2D eigenvalue weighted by atomic mass is 9.88. The third-order valence-corrected chi connectivity index (χ3v) is 4.49. The maximum absolute atomic E-state index is 12.7.